The lowest BCUT2D eigenvalue weighted by Crippen LogP contribution is -2.29. The molecular formula is C23H17BrN2O4. The molecule has 1 fully saturated rings. The molecule has 6 nitrogen and oxygen atoms in total. The number of ether oxygens (including phenoxy) is 1. The highest BCUT2D eigenvalue weighted by atomic mass is 79.9. The van der Waals surface area contributed by atoms with Crippen LogP contribution in [-0.4, -0.2) is 28.9 Å². The molecule has 150 valence electrons. The van der Waals surface area contributed by atoms with Crippen molar-refractivity contribution < 1.29 is 19.4 Å². The molecule has 1 amide bonds. The van der Waals surface area contributed by atoms with Crippen LogP contribution in [0.1, 0.15) is 17.2 Å². The summed E-state index contributed by atoms with van der Waals surface area (Å²) in [6.07, 6.45) is 3.16. The predicted octanol–water partition coefficient (Wildman–Crippen LogP) is 4.48. The zero-order valence-electron chi connectivity index (χ0n) is 15.9. The van der Waals surface area contributed by atoms with E-state index in [9.17, 15) is 14.7 Å². The van der Waals surface area contributed by atoms with Crippen molar-refractivity contribution in [3.63, 3.8) is 0 Å². The van der Waals surface area contributed by atoms with Gasteiger partial charge in [0, 0.05) is 22.4 Å². The lowest BCUT2D eigenvalue weighted by molar-refractivity contribution is -0.132. The van der Waals surface area contributed by atoms with E-state index in [0.717, 1.165) is 4.47 Å². The summed E-state index contributed by atoms with van der Waals surface area (Å²) in [6, 6.07) is 16.4. The Morgan fingerprint density at radius 1 is 1.03 bits per heavy atom. The van der Waals surface area contributed by atoms with Crippen molar-refractivity contribution in [2.75, 3.05) is 12.0 Å². The number of nitrogens with zero attached hydrogens (tertiary/aromatic N) is 2. The van der Waals surface area contributed by atoms with Crippen LogP contribution in [0, 0.1) is 0 Å². The van der Waals surface area contributed by atoms with Gasteiger partial charge in [-0.15, -0.1) is 0 Å². The van der Waals surface area contributed by atoms with Gasteiger partial charge in [-0.05, 0) is 42.0 Å². The van der Waals surface area contributed by atoms with Gasteiger partial charge in [-0.1, -0.05) is 40.2 Å². The highest BCUT2D eigenvalue weighted by molar-refractivity contribution is 9.10. The number of ketones is 1. The second-order valence-corrected chi connectivity index (χ2v) is 7.54. The van der Waals surface area contributed by atoms with E-state index in [4.69, 9.17) is 4.74 Å². The number of methoxy groups -OCH3 is 1. The number of pyridine rings is 1. The summed E-state index contributed by atoms with van der Waals surface area (Å²) in [5.41, 5.74) is 1.54. The maximum atomic E-state index is 13.1. The van der Waals surface area contributed by atoms with Crippen molar-refractivity contribution >= 4 is 39.1 Å². The van der Waals surface area contributed by atoms with Gasteiger partial charge in [-0.2, -0.15) is 0 Å². The smallest absolute Gasteiger partial charge is 0.300 e. The molecule has 1 atom stereocenters. The molecular weight excluding hydrogens is 448 g/mol. The highest BCUT2D eigenvalue weighted by Gasteiger charge is 2.47. The third-order valence-electron chi connectivity index (χ3n) is 4.93. The fourth-order valence-electron chi connectivity index (χ4n) is 3.53. The Morgan fingerprint density at radius 3 is 2.37 bits per heavy atom. The Balaban J connectivity index is 1.96. The SMILES string of the molecule is COc1ccccc1N1C(=O)C(=O)/C(=C(/O)c2ccc(Br)cc2)C1c1ccncc1. The number of aliphatic hydroxyl groups is 1. The van der Waals surface area contributed by atoms with Crippen LogP contribution in [0.4, 0.5) is 5.69 Å². The van der Waals surface area contributed by atoms with Crippen LogP contribution in [0.15, 0.2) is 83.1 Å². The summed E-state index contributed by atoms with van der Waals surface area (Å²) in [5, 5.41) is 11.0. The molecule has 1 N–H and O–H groups in total. The molecule has 3 aromatic rings. The van der Waals surface area contributed by atoms with Gasteiger partial charge < -0.3 is 9.84 Å². The number of benzene rings is 2. The number of para-hydroxylation sites is 2. The van der Waals surface area contributed by atoms with Gasteiger partial charge in [-0.3, -0.25) is 19.5 Å². The van der Waals surface area contributed by atoms with E-state index >= 15 is 0 Å². The zero-order valence-corrected chi connectivity index (χ0v) is 17.5. The third kappa shape index (κ3) is 3.37. The molecule has 0 bridgehead atoms. The topological polar surface area (TPSA) is 79.7 Å². The van der Waals surface area contributed by atoms with Crippen molar-refractivity contribution in [2.45, 2.75) is 6.04 Å². The predicted molar refractivity (Wildman–Crippen MR) is 116 cm³/mol. The maximum Gasteiger partial charge on any atom is 0.300 e. The monoisotopic (exact) mass is 464 g/mol. The van der Waals surface area contributed by atoms with Crippen LogP contribution >= 0.6 is 15.9 Å². The number of carbonyl (C=O) groups is 2. The molecule has 0 radical (unpaired) electrons. The number of halogens is 1. The number of carbonyl (C=O) groups excluding carboxylic acids is 2. The molecule has 0 saturated carbocycles. The lowest BCUT2D eigenvalue weighted by Gasteiger charge is -2.26. The molecule has 30 heavy (non-hydrogen) atoms. The first-order valence-electron chi connectivity index (χ1n) is 9.13. The van der Waals surface area contributed by atoms with Gasteiger partial charge in [0.2, 0.25) is 0 Å². The van der Waals surface area contributed by atoms with E-state index in [2.05, 4.69) is 20.9 Å². The second-order valence-electron chi connectivity index (χ2n) is 6.63. The molecule has 2 heterocycles. The fourth-order valence-corrected chi connectivity index (χ4v) is 3.80. The van der Waals surface area contributed by atoms with Gasteiger partial charge >= 0.3 is 0 Å². The van der Waals surface area contributed by atoms with E-state index in [1.165, 1.54) is 12.0 Å². The number of aromatic nitrogens is 1. The number of amides is 1. The van der Waals surface area contributed by atoms with Crippen LogP contribution in [0.5, 0.6) is 5.75 Å². The fraction of sp³-hybridized carbons (Fsp3) is 0.0870. The molecule has 1 aliphatic heterocycles. The molecule has 4 rings (SSSR count). The van der Waals surface area contributed by atoms with E-state index in [1.807, 2.05) is 0 Å². The van der Waals surface area contributed by atoms with Crippen LogP contribution < -0.4 is 9.64 Å². The molecule has 7 heteroatoms. The summed E-state index contributed by atoms with van der Waals surface area (Å²) in [6.45, 7) is 0. The van der Waals surface area contributed by atoms with Crippen LogP contribution in [0.2, 0.25) is 0 Å². The average Bonchev–Trinajstić information content (AvgIpc) is 3.05. The molecule has 1 aromatic heterocycles. The minimum atomic E-state index is -0.826. The highest BCUT2D eigenvalue weighted by Crippen LogP contribution is 2.44. The summed E-state index contributed by atoms with van der Waals surface area (Å²) in [7, 11) is 1.50. The average molecular weight is 465 g/mol. The summed E-state index contributed by atoms with van der Waals surface area (Å²) in [5.74, 6) is -1.29. The van der Waals surface area contributed by atoms with Crippen LogP contribution in [0.25, 0.3) is 5.76 Å². The first-order valence-corrected chi connectivity index (χ1v) is 9.92. The third-order valence-corrected chi connectivity index (χ3v) is 5.46. The summed E-state index contributed by atoms with van der Waals surface area (Å²) in [4.78, 5) is 31.6. The maximum absolute atomic E-state index is 13.1. The van der Waals surface area contributed by atoms with Gasteiger partial charge in [0.15, 0.2) is 0 Å². The van der Waals surface area contributed by atoms with Crippen LogP contribution in [0.3, 0.4) is 0 Å². The Kier molecular flexibility index (Phi) is 5.37. The first-order chi connectivity index (χ1) is 14.5. The van der Waals surface area contributed by atoms with Crippen molar-refractivity contribution in [3.8, 4) is 5.75 Å². The number of Topliss-reactive ketones (excluding diaryl/α,β-unsaturated/α-hetero) is 1. The van der Waals surface area contributed by atoms with Gasteiger partial charge in [0.25, 0.3) is 11.7 Å². The standard InChI is InChI=1S/C23H17BrN2O4/c1-30-18-5-3-2-4-17(18)26-20(14-10-12-25-13-11-14)19(22(28)23(26)29)21(27)15-6-8-16(24)9-7-15/h2-13,20,27H,1H3/b21-19+. The molecule has 2 aromatic carbocycles. The summed E-state index contributed by atoms with van der Waals surface area (Å²) < 4.78 is 6.25. The largest absolute Gasteiger partial charge is 0.507 e. The molecule has 1 aliphatic rings. The number of aliphatic hydroxyl groups excluding tert-OH is 1. The number of hydrogen-bond donors (Lipinski definition) is 1. The number of rotatable bonds is 4. The van der Waals surface area contributed by atoms with Crippen molar-refractivity contribution in [2.24, 2.45) is 0 Å². The quantitative estimate of drug-likeness (QED) is 0.349. The Hall–Kier alpha value is -3.45. The molecule has 0 spiro atoms. The van der Waals surface area contributed by atoms with Gasteiger partial charge in [0.1, 0.15) is 11.5 Å². The number of anilines is 1. The molecule has 0 aliphatic carbocycles. The van der Waals surface area contributed by atoms with E-state index in [0.29, 0.717) is 22.6 Å². The Morgan fingerprint density at radius 2 is 1.70 bits per heavy atom. The second kappa shape index (κ2) is 8.12. The minimum absolute atomic E-state index is 0.0134. The van der Waals surface area contributed by atoms with E-state index < -0.39 is 17.7 Å². The first kappa shape index (κ1) is 19.8. The normalized spacial score (nSPS) is 17.9. The Bertz CT molecular complexity index is 1140. The lowest BCUT2D eigenvalue weighted by atomic mass is 9.96. The Labute approximate surface area is 181 Å². The minimum Gasteiger partial charge on any atom is -0.507 e. The molecule has 1 saturated heterocycles. The van der Waals surface area contributed by atoms with Gasteiger partial charge in [-0.25, -0.2) is 0 Å². The van der Waals surface area contributed by atoms with Crippen LogP contribution in [-0.2, 0) is 9.59 Å². The molecule has 1 unspecified atom stereocenters. The van der Waals surface area contributed by atoms with Crippen molar-refractivity contribution in [1.29, 1.82) is 0 Å². The van der Waals surface area contributed by atoms with Crippen molar-refractivity contribution in [3.05, 3.63) is 94.2 Å². The number of hydrogen-bond acceptors (Lipinski definition) is 5. The van der Waals surface area contributed by atoms with E-state index in [-0.39, 0.29) is 11.3 Å². The summed E-state index contributed by atoms with van der Waals surface area (Å²) >= 11 is 3.36. The van der Waals surface area contributed by atoms with E-state index in [1.54, 1.807) is 73.1 Å². The van der Waals surface area contributed by atoms with Crippen molar-refractivity contribution in [1.82, 2.24) is 4.98 Å². The zero-order chi connectivity index (χ0) is 21.3. The van der Waals surface area contributed by atoms with Gasteiger partial charge in [0.05, 0.1) is 24.4 Å².